The molecule has 146 valence electrons. The first-order chi connectivity index (χ1) is 13.2. The van der Waals surface area contributed by atoms with Crippen LogP contribution in [0.25, 0.3) is 10.9 Å². The van der Waals surface area contributed by atoms with Crippen molar-refractivity contribution in [3.05, 3.63) is 40.4 Å². The molecule has 2 aromatic rings. The predicted octanol–water partition coefficient (Wildman–Crippen LogP) is 1.18. The molecule has 8 heteroatoms. The van der Waals surface area contributed by atoms with E-state index in [-0.39, 0.29) is 18.1 Å². The molecule has 0 atom stereocenters. The number of benzene rings is 1. The fourth-order valence-corrected chi connectivity index (χ4v) is 3.15. The molecule has 0 saturated carbocycles. The summed E-state index contributed by atoms with van der Waals surface area (Å²) >= 11 is 0. The van der Waals surface area contributed by atoms with E-state index < -0.39 is 0 Å². The molecule has 1 fully saturated rings. The van der Waals surface area contributed by atoms with Gasteiger partial charge in [-0.05, 0) is 32.0 Å². The maximum absolute atomic E-state index is 12.4. The number of aromatic nitrogens is 2. The summed E-state index contributed by atoms with van der Waals surface area (Å²) in [5, 5.41) is 3.51. The minimum absolute atomic E-state index is 0.143. The second-order valence-electron chi connectivity index (χ2n) is 6.58. The van der Waals surface area contributed by atoms with Gasteiger partial charge in [-0.1, -0.05) is 12.1 Å². The number of fused-ring (bicyclic) bond motifs is 1. The number of rotatable bonds is 7. The van der Waals surface area contributed by atoms with Crippen molar-refractivity contribution in [2.45, 2.75) is 19.9 Å². The van der Waals surface area contributed by atoms with Crippen LogP contribution < -0.4 is 10.9 Å². The Morgan fingerprint density at radius 2 is 2.11 bits per heavy atom. The number of H-pyrrole nitrogens is 1. The number of ether oxygens (including phenoxy) is 1. The average molecular weight is 373 g/mol. The number of aromatic amines is 1. The summed E-state index contributed by atoms with van der Waals surface area (Å²) in [5.41, 5.74) is 0.454. The maximum atomic E-state index is 12.4. The Labute approximate surface area is 158 Å². The van der Waals surface area contributed by atoms with Crippen LogP contribution in [-0.4, -0.2) is 71.7 Å². The maximum Gasteiger partial charge on any atom is 0.317 e. The smallest absolute Gasteiger partial charge is 0.317 e. The van der Waals surface area contributed by atoms with E-state index in [9.17, 15) is 9.59 Å². The van der Waals surface area contributed by atoms with Crippen LogP contribution in [0.1, 0.15) is 19.2 Å². The molecule has 8 nitrogen and oxygen atoms in total. The highest BCUT2D eigenvalue weighted by Gasteiger charge is 2.14. The zero-order valence-corrected chi connectivity index (χ0v) is 15.7. The van der Waals surface area contributed by atoms with Crippen LogP contribution in [0.2, 0.25) is 0 Å². The van der Waals surface area contributed by atoms with Crippen LogP contribution in [0.3, 0.4) is 0 Å². The Bertz CT molecular complexity index is 816. The lowest BCUT2D eigenvalue weighted by Gasteiger charge is -2.26. The lowest BCUT2D eigenvalue weighted by molar-refractivity contribution is 0.0375. The van der Waals surface area contributed by atoms with Gasteiger partial charge in [0.15, 0.2) is 0 Å². The van der Waals surface area contributed by atoms with E-state index in [2.05, 4.69) is 20.2 Å². The molecule has 1 aliphatic rings. The number of carbonyl (C=O) groups is 1. The number of hydrogen-bond donors (Lipinski definition) is 2. The Kier molecular flexibility index (Phi) is 6.78. The summed E-state index contributed by atoms with van der Waals surface area (Å²) in [6.45, 7) is 7.76. The van der Waals surface area contributed by atoms with Crippen LogP contribution >= 0.6 is 0 Å². The molecule has 1 aromatic carbocycles. The summed E-state index contributed by atoms with van der Waals surface area (Å²) in [4.78, 5) is 35.8. The number of urea groups is 1. The van der Waals surface area contributed by atoms with E-state index in [1.165, 1.54) is 0 Å². The summed E-state index contributed by atoms with van der Waals surface area (Å²) < 4.78 is 5.33. The van der Waals surface area contributed by atoms with E-state index in [0.29, 0.717) is 29.8 Å². The molecule has 1 aromatic heterocycles. The highest BCUT2D eigenvalue weighted by Crippen LogP contribution is 2.07. The third-order valence-electron chi connectivity index (χ3n) is 4.70. The molecule has 2 N–H and O–H groups in total. The second-order valence-corrected chi connectivity index (χ2v) is 6.58. The van der Waals surface area contributed by atoms with Gasteiger partial charge >= 0.3 is 6.03 Å². The standard InChI is InChI=1S/C19H27N5O3/c1-2-24(19(26)20-8-5-9-23-10-12-27-13-11-23)14-17-21-16-7-4-3-6-15(16)18(25)22-17/h3-4,6-7H,2,5,8-14H2,1H3,(H,20,26)(H,21,22,25). The zero-order valence-electron chi connectivity index (χ0n) is 15.7. The van der Waals surface area contributed by atoms with E-state index >= 15 is 0 Å². The van der Waals surface area contributed by atoms with Gasteiger partial charge in [-0.3, -0.25) is 9.69 Å². The molecule has 0 aliphatic carbocycles. The van der Waals surface area contributed by atoms with Crippen LogP contribution in [0, 0.1) is 0 Å². The topological polar surface area (TPSA) is 90.6 Å². The van der Waals surface area contributed by atoms with E-state index in [1.807, 2.05) is 19.1 Å². The fourth-order valence-electron chi connectivity index (χ4n) is 3.15. The van der Waals surface area contributed by atoms with E-state index in [0.717, 1.165) is 39.3 Å². The van der Waals surface area contributed by atoms with Gasteiger partial charge in [-0.15, -0.1) is 0 Å². The summed E-state index contributed by atoms with van der Waals surface area (Å²) in [6, 6.07) is 7.05. The fraction of sp³-hybridized carbons (Fsp3) is 0.526. The zero-order chi connectivity index (χ0) is 19.1. The molecule has 0 unspecified atom stereocenters. The third kappa shape index (κ3) is 5.27. The van der Waals surface area contributed by atoms with Gasteiger partial charge < -0.3 is 19.9 Å². The third-order valence-corrected chi connectivity index (χ3v) is 4.70. The number of hydrogen-bond acceptors (Lipinski definition) is 5. The van der Waals surface area contributed by atoms with Crippen molar-refractivity contribution < 1.29 is 9.53 Å². The predicted molar refractivity (Wildman–Crippen MR) is 104 cm³/mol. The van der Waals surface area contributed by atoms with Crippen molar-refractivity contribution in [2.75, 3.05) is 45.9 Å². The molecule has 0 spiro atoms. The van der Waals surface area contributed by atoms with Crippen molar-refractivity contribution in [3.8, 4) is 0 Å². The highest BCUT2D eigenvalue weighted by molar-refractivity contribution is 5.77. The SMILES string of the molecule is CCN(Cc1nc2ccccc2c(=O)[nH]1)C(=O)NCCCN1CCOCC1. The number of carbonyl (C=O) groups excluding carboxylic acids is 1. The minimum atomic E-state index is -0.183. The molecule has 0 radical (unpaired) electrons. The van der Waals surface area contributed by atoms with Gasteiger partial charge in [0.1, 0.15) is 5.82 Å². The minimum Gasteiger partial charge on any atom is -0.379 e. The van der Waals surface area contributed by atoms with Crippen LogP contribution in [-0.2, 0) is 11.3 Å². The van der Waals surface area contributed by atoms with Crippen molar-refractivity contribution >= 4 is 16.9 Å². The molecule has 27 heavy (non-hydrogen) atoms. The van der Waals surface area contributed by atoms with E-state index in [4.69, 9.17) is 4.74 Å². The molecule has 1 saturated heterocycles. The van der Waals surface area contributed by atoms with Gasteiger partial charge in [0, 0.05) is 26.2 Å². The first-order valence-electron chi connectivity index (χ1n) is 9.48. The molecule has 2 amide bonds. The highest BCUT2D eigenvalue weighted by atomic mass is 16.5. The molecule has 2 heterocycles. The second kappa shape index (κ2) is 9.48. The first kappa shape index (κ1) is 19.3. The Hall–Kier alpha value is -2.45. The van der Waals surface area contributed by atoms with Gasteiger partial charge in [0.25, 0.3) is 5.56 Å². The number of amides is 2. The Balaban J connectivity index is 1.52. The Morgan fingerprint density at radius 3 is 2.89 bits per heavy atom. The van der Waals surface area contributed by atoms with Crippen molar-refractivity contribution in [1.29, 1.82) is 0 Å². The molecule has 0 bridgehead atoms. The number of nitrogens with one attached hydrogen (secondary N) is 2. The van der Waals surface area contributed by atoms with Crippen molar-refractivity contribution in [2.24, 2.45) is 0 Å². The van der Waals surface area contributed by atoms with Gasteiger partial charge in [0.05, 0.1) is 30.7 Å². The molecular formula is C19H27N5O3. The van der Waals surface area contributed by atoms with E-state index in [1.54, 1.807) is 17.0 Å². The summed E-state index contributed by atoms with van der Waals surface area (Å²) in [5.74, 6) is 0.490. The van der Waals surface area contributed by atoms with Crippen molar-refractivity contribution in [1.82, 2.24) is 25.1 Å². The van der Waals surface area contributed by atoms with Gasteiger partial charge in [-0.25, -0.2) is 9.78 Å². The van der Waals surface area contributed by atoms with Crippen LogP contribution in [0.4, 0.5) is 4.79 Å². The van der Waals surface area contributed by atoms with Crippen molar-refractivity contribution in [3.63, 3.8) is 0 Å². The average Bonchev–Trinajstić information content (AvgIpc) is 2.70. The van der Waals surface area contributed by atoms with Gasteiger partial charge in [-0.2, -0.15) is 0 Å². The molecular weight excluding hydrogens is 346 g/mol. The number of para-hydroxylation sites is 1. The number of morpholine rings is 1. The lowest BCUT2D eigenvalue weighted by atomic mass is 10.2. The number of nitrogens with zero attached hydrogens (tertiary/aromatic N) is 3. The molecule has 3 rings (SSSR count). The monoisotopic (exact) mass is 373 g/mol. The quantitative estimate of drug-likeness (QED) is 0.711. The lowest BCUT2D eigenvalue weighted by Crippen LogP contribution is -2.42. The molecule has 1 aliphatic heterocycles. The Morgan fingerprint density at radius 1 is 1.33 bits per heavy atom. The largest absolute Gasteiger partial charge is 0.379 e. The summed E-state index contributed by atoms with van der Waals surface area (Å²) in [7, 11) is 0. The normalized spacial score (nSPS) is 15.0. The van der Waals surface area contributed by atoms with Gasteiger partial charge in [0.2, 0.25) is 0 Å². The van der Waals surface area contributed by atoms with Crippen LogP contribution in [0.5, 0.6) is 0 Å². The first-order valence-corrected chi connectivity index (χ1v) is 9.48. The van der Waals surface area contributed by atoms with Crippen LogP contribution in [0.15, 0.2) is 29.1 Å². The summed E-state index contributed by atoms with van der Waals surface area (Å²) in [6.07, 6.45) is 0.897.